The van der Waals surface area contributed by atoms with Crippen LogP contribution in [0.3, 0.4) is 0 Å². The zero-order chi connectivity index (χ0) is 20.9. The van der Waals surface area contributed by atoms with Gasteiger partial charge >= 0.3 is 6.09 Å². The lowest BCUT2D eigenvalue weighted by Gasteiger charge is -2.20. The van der Waals surface area contributed by atoms with Gasteiger partial charge in [-0.15, -0.1) is 0 Å². The van der Waals surface area contributed by atoms with Crippen LogP contribution < -0.4 is 16.0 Å². The second-order valence-corrected chi connectivity index (χ2v) is 7.95. The van der Waals surface area contributed by atoms with Crippen molar-refractivity contribution in [2.45, 2.75) is 33.3 Å². The number of hydrogen-bond acceptors (Lipinski definition) is 4. The summed E-state index contributed by atoms with van der Waals surface area (Å²) in [5, 5.41) is 8.05. The lowest BCUT2D eigenvalue weighted by Crippen LogP contribution is -2.27. The Morgan fingerprint density at radius 3 is 2.11 bits per heavy atom. The van der Waals surface area contributed by atoms with Crippen molar-refractivity contribution in [1.29, 1.82) is 0 Å². The van der Waals surface area contributed by atoms with Crippen LogP contribution in [0, 0.1) is 0 Å². The van der Waals surface area contributed by atoms with Gasteiger partial charge in [0.1, 0.15) is 5.60 Å². The maximum Gasteiger partial charge on any atom is 0.412 e. The van der Waals surface area contributed by atoms with E-state index in [4.69, 9.17) is 4.74 Å². The number of anilines is 3. The molecule has 0 spiro atoms. The van der Waals surface area contributed by atoms with Crippen LogP contribution in [0.2, 0.25) is 0 Å². The summed E-state index contributed by atoms with van der Waals surface area (Å²) in [6.07, 6.45) is -0.620. The summed E-state index contributed by atoms with van der Waals surface area (Å²) in [5.74, 6) is -0.552. The van der Waals surface area contributed by atoms with Gasteiger partial charge in [-0.05, 0) is 63.2 Å². The van der Waals surface area contributed by atoms with Crippen molar-refractivity contribution in [1.82, 2.24) is 0 Å². The minimum absolute atomic E-state index is 0.191. The van der Waals surface area contributed by atoms with Crippen LogP contribution in [0.25, 0.3) is 0 Å². The molecule has 0 unspecified atom stereocenters. The zero-order valence-electron chi connectivity index (χ0n) is 16.1. The highest BCUT2D eigenvalue weighted by Crippen LogP contribution is 2.27. The summed E-state index contributed by atoms with van der Waals surface area (Å²) in [6.45, 7) is 6.71. The molecular formula is C20H22BrN3O4. The minimum atomic E-state index is -0.640. The molecule has 0 bridgehead atoms. The number of nitrogens with one attached hydrogen (secondary N) is 3. The monoisotopic (exact) mass is 447 g/mol. The van der Waals surface area contributed by atoms with E-state index >= 15 is 0 Å². The Labute approximate surface area is 172 Å². The number of halogens is 1. The number of amides is 3. The number of carbonyl (C=O) groups is 3. The van der Waals surface area contributed by atoms with Crippen LogP contribution in [0.15, 0.2) is 46.9 Å². The lowest BCUT2D eigenvalue weighted by molar-refractivity contribution is -0.114. The largest absolute Gasteiger partial charge is 0.444 e. The van der Waals surface area contributed by atoms with Gasteiger partial charge in [0.05, 0.1) is 11.4 Å². The maximum atomic E-state index is 12.6. The van der Waals surface area contributed by atoms with E-state index in [9.17, 15) is 14.4 Å². The molecule has 3 N–H and O–H groups in total. The third-order valence-electron chi connectivity index (χ3n) is 3.33. The molecule has 148 valence electrons. The Hall–Kier alpha value is -2.87. The van der Waals surface area contributed by atoms with E-state index in [1.807, 2.05) is 0 Å². The molecule has 0 saturated heterocycles. The Morgan fingerprint density at radius 1 is 0.893 bits per heavy atom. The highest BCUT2D eigenvalue weighted by atomic mass is 79.9. The van der Waals surface area contributed by atoms with Crippen LogP contribution in [-0.4, -0.2) is 23.5 Å². The summed E-state index contributed by atoms with van der Waals surface area (Å²) in [7, 11) is 0. The zero-order valence-corrected chi connectivity index (χ0v) is 17.6. The fourth-order valence-electron chi connectivity index (χ4n) is 2.25. The van der Waals surface area contributed by atoms with Crippen LogP contribution in [-0.2, 0) is 9.53 Å². The first-order chi connectivity index (χ1) is 13.0. The van der Waals surface area contributed by atoms with Gasteiger partial charge in [-0.1, -0.05) is 15.9 Å². The van der Waals surface area contributed by atoms with E-state index in [0.29, 0.717) is 22.6 Å². The summed E-state index contributed by atoms with van der Waals surface area (Å²) in [5.41, 5.74) is 1.17. The van der Waals surface area contributed by atoms with Crippen LogP contribution >= 0.6 is 15.9 Å². The molecule has 0 aliphatic heterocycles. The highest BCUT2D eigenvalue weighted by Gasteiger charge is 2.18. The Bertz CT molecular complexity index is 889. The van der Waals surface area contributed by atoms with Gasteiger partial charge < -0.3 is 15.4 Å². The standard InChI is InChI=1S/C20H22BrN3O4/c1-12(25)22-15-8-5-13(6-9-15)18(26)23-17-11-14(21)7-10-16(17)24-19(27)28-20(2,3)4/h5-11H,1-4H3,(H,22,25)(H,23,26)(H,24,27). The molecule has 2 aromatic rings. The average Bonchev–Trinajstić information content (AvgIpc) is 2.55. The van der Waals surface area contributed by atoms with Crippen LogP contribution in [0.4, 0.5) is 21.9 Å². The van der Waals surface area contributed by atoms with Crippen molar-refractivity contribution >= 4 is 50.9 Å². The number of hydrogen-bond donors (Lipinski definition) is 3. The third kappa shape index (κ3) is 6.70. The summed E-state index contributed by atoms with van der Waals surface area (Å²) >= 11 is 3.35. The molecule has 7 nitrogen and oxygen atoms in total. The van der Waals surface area contributed by atoms with E-state index in [-0.39, 0.29) is 11.8 Å². The maximum absolute atomic E-state index is 12.6. The number of carbonyl (C=O) groups excluding carboxylic acids is 3. The summed E-state index contributed by atoms with van der Waals surface area (Å²) in [6, 6.07) is 11.5. The molecule has 0 heterocycles. The van der Waals surface area contributed by atoms with Gasteiger partial charge in [0.25, 0.3) is 5.91 Å². The molecule has 0 atom stereocenters. The minimum Gasteiger partial charge on any atom is -0.444 e. The summed E-state index contributed by atoms with van der Waals surface area (Å²) < 4.78 is 5.99. The summed E-state index contributed by atoms with van der Waals surface area (Å²) in [4.78, 5) is 35.7. The van der Waals surface area contributed by atoms with Crippen molar-refractivity contribution < 1.29 is 19.1 Å². The van der Waals surface area contributed by atoms with E-state index in [2.05, 4.69) is 31.9 Å². The normalized spacial score (nSPS) is 10.8. The van der Waals surface area contributed by atoms with E-state index in [0.717, 1.165) is 4.47 Å². The van der Waals surface area contributed by atoms with Gasteiger partial charge in [-0.2, -0.15) is 0 Å². The molecule has 0 fully saturated rings. The Kier molecular flexibility index (Phi) is 6.80. The van der Waals surface area contributed by atoms with Gasteiger partial charge in [0.15, 0.2) is 0 Å². The topological polar surface area (TPSA) is 96.5 Å². The predicted molar refractivity (Wildman–Crippen MR) is 113 cm³/mol. The van der Waals surface area contributed by atoms with Crippen molar-refractivity contribution in [2.75, 3.05) is 16.0 Å². The molecule has 8 heteroatoms. The fourth-order valence-corrected chi connectivity index (χ4v) is 2.61. The molecular weight excluding hydrogens is 426 g/mol. The molecule has 2 aromatic carbocycles. The average molecular weight is 448 g/mol. The first-order valence-electron chi connectivity index (χ1n) is 8.52. The lowest BCUT2D eigenvalue weighted by atomic mass is 10.1. The predicted octanol–water partition coefficient (Wildman–Crippen LogP) is 5.01. The Morgan fingerprint density at radius 2 is 1.54 bits per heavy atom. The van der Waals surface area contributed by atoms with Gasteiger partial charge in [0.2, 0.25) is 5.91 Å². The Balaban J connectivity index is 2.16. The number of rotatable bonds is 4. The molecule has 3 amide bonds. The van der Waals surface area contributed by atoms with Gasteiger partial charge in [0, 0.05) is 22.6 Å². The second kappa shape index (κ2) is 8.88. The van der Waals surface area contributed by atoms with Crippen molar-refractivity contribution in [3.05, 3.63) is 52.5 Å². The third-order valence-corrected chi connectivity index (χ3v) is 3.83. The molecule has 0 aliphatic carbocycles. The van der Waals surface area contributed by atoms with Crippen LogP contribution in [0.5, 0.6) is 0 Å². The molecule has 28 heavy (non-hydrogen) atoms. The molecule has 2 rings (SSSR count). The molecule has 0 aliphatic rings. The highest BCUT2D eigenvalue weighted by molar-refractivity contribution is 9.10. The van der Waals surface area contributed by atoms with Crippen molar-refractivity contribution in [3.8, 4) is 0 Å². The fraction of sp³-hybridized carbons (Fsp3) is 0.250. The van der Waals surface area contributed by atoms with Gasteiger partial charge in [-0.25, -0.2) is 4.79 Å². The van der Waals surface area contributed by atoms with Crippen LogP contribution in [0.1, 0.15) is 38.1 Å². The number of benzene rings is 2. The second-order valence-electron chi connectivity index (χ2n) is 7.03. The van der Waals surface area contributed by atoms with Crippen molar-refractivity contribution in [2.24, 2.45) is 0 Å². The SMILES string of the molecule is CC(=O)Nc1ccc(C(=O)Nc2cc(Br)ccc2NC(=O)OC(C)(C)C)cc1. The van der Waals surface area contributed by atoms with E-state index < -0.39 is 11.7 Å². The van der Waals surface area contributed by atoms with E-state index in [1.165, 1.54) is 6.92 Å². The van der Waals surface area contributed by atoms with E-state index in [1.54, 1.807) is 63.2 Å². The first kappa shape index (κ1) is 21.4. The first-order valence-corrected chi connectivity index (χ1v) is 9.31. The molecule has 0 radical (unpaired) electrons. The molecule has 0 aromatic heterocycles. The van der Waals surface area contributed by atoms with Gasteiger partial charge in [-0.3, -0.25) is 14.9 Å². The number of ether oxygens (including phenoxy) is 1. The molecule has 0 saturated carbocycles. The quantitative estimate of drug-likeness (QED) is 0.613. The van der Waals surface area contributed by atoms with Crippen molar-refractivity contribution in [3.63, 3.8) is 0 Å². The smallest absolute Gasteiger partial charge is 0.412 e.